The summed E-state index contributed by atoms with van der Waals surface area (Å²) in [6.45, 7) is 0.186. The maximum atomic E-state index is 12.4. The van der Waals surface area contributed by atoms with Gasteiger partial charge in [0.2, 0.25) is 5.88 Å². The summed E-state index contributed by atoms with van der Waals surface area (Å²) in [5, 5.41) is 3.57. The van der Waals surface area contributed by atoms with E-state index >= 15 is 0 Å². The van der Waals surface area contributed by atoms with Gasteiger partial charge in [-0.25, -0.2) is 4.98 Å². The maximum Gasteiger partial charge on any atom is 0.422 e. The molecule has 0 saturated carbocycles. The molecule has 2 heterocycles. The highest BCUT2D eigenvalue weighted by molar-refractivity contribution is 5.96. The van der Waals surface area contributed by atoms with Crippen LogP contribution in [0.4, 0.5) is 13.2 Å². The van der Waals surface area contributed by atoms with E-state index in [1.807, 2.05) is 18.2 Å². The summed E-state index contributed by atoms with van der Waals surface area (Å²) >= 11 is 0. The SMILES string of the molecule is CC(NC(=O)c1cccnc1OCC(F)(F)F)c1cc2ccccc2o1. The number of ether oxygens (including phenoxy) is 1. The standard InChI is InChI=1S/C18H15F3N2O3/c1-11(15-9-12-5-2-3-7-14(12)26-15)23-16(24)13-6-4-8-22-17(13)25-10-18(19,20)21/h2-9,11H,10H2,1H3,(H,23,24). The van der Waals surface area contributed by atoms with Crippen molar-refractivity contribution in [3.05, 3.63) is 60.0 Å². The van der Waals surface area contributed by atoms with Crippen LogP contribution < -0.4 is 10.1 Å². The fourth-order valence-corrected chi connectivity index (χ4v) is 2.39. The third-order valence-corrected chi connectivity index (χ3v) is 3.61. The number of fused-ring (bicyclic) bond motifs is 1. The molecule has 1 aromatic carbocycles. The van der Waals surface area contributed by atoms with E-state index in [4.69, 9.17) is 4.42 Å². The highest BCUT2D eigenvalue weighted by Crippen LogP contribution is 2.25. The van der Waals surface area contributed by atoms with Crippen LogP contribution >= 0.6 is 0 Å². The first-order chi connectivity index (χ1) is 12.3. The maximum absolute atomic E-state index is 12.4. The van der Waals surface area contributed by atoms with Crippen molar-refractivity contribution in [3.63, 3.8) is 0 Å². The van der Waals surface area contributed by atoms with Crippen LogP contribution in [0.15, 0.2) is 53.1 Å². The van der Waals surface area contributed by atoms with E-state index in [9.17, 15) is 18.0 Å². The zero-order valence-corrected chi connectivity index (χ0v) is 13.7. The zero-order chi connectivity index (χ0) is 18.7. The number of carbonyl (C=O) groups is 1. The fraction of sp³-hybridized carbons (Fsp3) is 0.222. The molecule has 1 unspecified atom stereocenters. The van der Waals surface area contributed by atoms with E-state index in [0.717, 1.165) is 5.39 Å². The summed E-state index contributed by atoms with van der Waals surface area (Å²) in [6.07, 6.45) is -3.27. The van der Waals surface area contributed by atoms with Crippen LogP contribution in [-0.4, -0.2) is 23.7 Å². The van der Waals surface area contributed by atoms with Crippen molar-refractivity contribution >= 4 is 16.9 Å². The van der Waals surface area contributed by atoms with Gasteiger partial charge in [-0.15, -0.1) is 0 Å². The Morgan fingerprint density at radius 3 is 2.77 bits per heavy atom. The first kappa shape index (κ1) is 17.8. The molecule has 0 aliphatic carbocycles. The number of nitrogens with zero attached hydrogens (tertiary/aromatic N) is 1. The minimum atomic E-state index is -4.52. The predicted octanol–water partition coefficient (Wildman–Crippen LogP) is 4.26. The normalized spacial score (nSPS) is 12.8. The third-order valence-electron chi connectivity index (χ3n) is 3.61. The van der Waals surface area contributed by atoms with Crippen molar-refractivity contribution in [3.8, 4) is 5.88 Å². The molecule has 1 N–H and O–H groups in total. The number of rotatable bonds is 5. The average molecular weight is 364 g/mol. The molecule has 3 rings (SSSR count). The second-order valence-electron chi connectivity index (χ2n) is 5.64. The van der Waals surface area contributed by atoms with Crippen molar-refractivity contribution in [2.24, 2.45) is 0 Å². The van der Waals surface area contributed by atoms with Crippen molar-refractivity contribution in [1.82, 2.24) is 10.3 Å². The zero-order valence-electron chi connectivity index (χ0n) is 13.7. The lowest BCUT2D eigenvalue weighted by Gasteiger charge is -2.14. The van der Waals surface area contributed by atoms with Gasteiger partial charge in [-0.05, 0) is 31.2 Å². The quantitative estimate of drug-likeness (QED) is 0.735. The van der Waals surface area contributed by atoms with Gasteiger partial charge in [-0.3, -0.25) is 4.79 Å². The van der Waals surface area contributed by atoms with E-state index in [1.54, 1.807) is 19.1 Å². The number of aromatic nitrogens is 1. The molecule has 5 nitrogen and oxygen atoms in total. The van der Waals surface area contributed by atoms with Crippen molar-refractivity contribution in [2.75, 3.05) is 6.61 Å². The molecule has 26 heavy (non-hydrogen) atoms. The van der Waals surface area contributed by atoms with Gasteiger partial charge >= 0.3 is 6.18 Å². The summed E-state index contributed by atoms with van der Waals surface area (Å²) in [5.41, 5.74) is 0.596. The monoisotopic (exact) mass is 364 g/mol. The average Bonchev–Trinajstić information content (AvgIpc) is 3.04. The van der Waals surface area contributed by atoms with E-state index < -0.39 is 24.7 Å². The van der Waals surface area contributed by atoms with Crippen LogP contribution in [0.3, 0.4) is 0 Å². The lowest BCUT2D eigenvalue weighted by Crippen LogP contribution is -2.28. The number of para-hydroxylation sites is 1. The Morgan fingerprint density at radius 2 is 2.04 bits per heavy atom. The number of hydrogen-bond donors (Lipinski definition) is 1. The Labute approximate surface area is 146 Å². The number of alkyl halides is 3. The van der Waals surface area contributed by atoms with Crippen LogP contribution in [0.1, 0.15) is 29.1 Å². The van der Waals surface area contributed by atoms with Gasteiger partial charge in [0.05, 0.1) is 6.04 Å². The van der Waals surface area contributed by atoms with Gasteiger partial charge in [0, 0.05) is 11.6 Å². The highest BCUT2D eigenvalue weighted by atomic mass is 19.4. The smallest absolute Gasteiger partial charge is 0.422 e. The molecular formula is C18H15F3N2O3. The summed E-state index contributed by atoms with van der Waals surface area (Å²) in [7, 11) is 0. The van der Waals surface area contributed by atoms with Crippen LogP contribution in [0, 0.1) is 0 Å². The van der Waals surface area contributed by atoms with Crippen molar-refractivity contribution in [2.45, 2.75) is 19.1 Å². The molecular weight excluding hydrogens is 349 g/mol. The molecule has 1 amide bonds. The molecule has 3 aromatic rings. The Morgan fingerprint density at radius 1 is 1.27 bits per heavy atom. The molecule has 0 spiro atoms. The number of nitrogens with one attached hydrogen (secondary N) is 1. The number of benzene rings is 1. The summed E-state index contributed by atoms with van der Waals surface area (Å²) in [4.78, 5) is 16.1. The van der Waals surface area contributed by atoms with Gasteiger partial charge in [0.25, 0.3) is 5.91 Å². The fourth-order valence-electron chi connectivity index (χ4n) is 2.39. The van der Waals surface area contributed by atoms with Crippen LogP contribution in [0.5, 0.6) is 5.88 Å². The molecule has 0 saturated heterocycles. The molecule has 0 radical (unpaired) electrons. The molecule has 1 atom stereocenters. The molecule has 0 bridgehead atoms. The summed E-state index contributed by atoms with van der Waals surface area (Å²) in [6, 6.07) is 11.5. The number of halogens is 3. The number of furan rings is 1. The van der Waals surface area contributed by atoms with Gasteiger partial charge in [-0.2, -0.15) is 13.2 Å². The minimum absolute atomic E-state index is 0.0836. The number of amides is 1. The number of pyridine rings is 1. The van der Waals surface area contributed by atoms with Gasteiger partial charge in [0.1, 0.15) is 16.9 Å². The molecule has 0 aliphatic heterocycles. The molecule has 8 heteroatoms. The Kier molecular flexibility index (Phi) is 4.83. The molecule has 0 aliphatic rings. The molecule has 0 fully saturated rings. The summed E-state index contributed by atoms with van der Waals surface area (Å²) < 4.78 is 47.3. The van der Waals surface area contributed by atoms with Crippen LogP contribution in [-0.2, 0) is 0 Å². The first-order valence-corrected chi connectivity index (χ1v) is 7.77. The second kappa shape index (κ2) is 7.07. The first-order valence-electron chi connectivity index (χ1n) is 7.77. The molecule has 136 valence electrons. The largest absolute Gasteiger partial charge is 0.467 e. The second-order valence-corrected chi connectivity index (χ2v) is 5.64. The Hall–Kier alpha value is -3.03. The highest BCUT2D eigenvalue weighted by Gasteiger charge is 2.30. The van der Waals surface area contributed by atoms with Gasteiger partial charge in [-0.1, -0.05) is 18.2 Å². The van der Waals surface area contributed by atoms with E-state index in [1.165, 1.54) is 18.3 Å². The van der Waals surface area contributed by atoms with Gasteiger partial charge in [0.15, 0.2) is 6.61 Å². The van der Waals surface area contributed by atoms with Crippen molar-refractivity contribution in [1.29, 1.82) is 0 Å². The third kappa shape index (κ3) is 4.14. The minimum Gasteiger partial charge on any atom is -0.467 e. The van der Waals surface area contributed by atoms with Crippen LogP contribution in [0.2, 0.25) is 0 Å². The van der Waals surface area contributed by atoms with Gasteiger partial charge < -0.3 is 14.5 Å². The lowest BCUT2D eigenvalue weighted by atomic mass is 10.2. The summed E-state index contributed by atoms with van der Waals surface area (Å²) in [5.74, 6) is -0.455. The van der Waals surface area contributed by atoms with Crippen molar-refractivity contribution < 1.29 is 27.1 Å². The number of carbonyl (C=O) groups excluding carboxylic acids is 1. The van der Waals surface area contributed by atoms with Crippen LogP contribution in [0.25, 0.3) is 11.0 Å². The lowest BCUT2D eigenvalue weighted by molar-refractivity contribution is -0.154. The van der Waals surface area contributed by atoms with E-state index in [-0.39, 0.29) is 11.4 Å². The predicted molar refractivity (Wildman–Crippen MR) is 87.9 cm³/mol. The molecule has 2 aromatic heterocycles. The topological polar surface area (TPSA) is 64.4 Å². The Bertz CT molecular complexity index is 888. The van der Waals surface area contributed by atoms with E-state index in [2.05, 4.69) is 15.0 Å². The number of hydrogen-bond acceptors (Lipinski definition) is 4. The Balaban J connectivity index is 1.75. The van der Waals surface area contributed by atoms with E-state index in [0.29, 0.717) is 11.3 Å².